The maximum absolute atomic E-state index is 11.7. The van der Waals surface area contributed by atoms with Crippen molar-refractivity contribution in [2.75, 3.05) is 37.9 Å². The van der Waals surface area contributed by atoms with Gasteiger partial charge in [0, 0.05) is 31.1 Å². The van der Waals surface area contributed by atoms with Crippen molar-refractivity contribution in [1.29, 1.82) is 0 Å². The van der Waals surface area contributed by atoms with E-state index in [0.29, 0.717) is 11.4 Å². The molecule has 0 aliphatic carbocycles. The number of hydrogen-bond acceptors (Lipinski definition) is 4. The Bertz CT molecular complexity index is 371. The molecule has 0 fully saturated rings. The smallest absolute Gasteiger partial charge is 0.260 e. The van der Waals surface area contributed by atoms with Gasteiger partial charge < -0.3 is 15.4 Å². The van der Waals surface area contributed by atoms with E-state index in [4.69, 9.17) is 10.5 Å². The van der Waals surface area contributed by atoms with Crippen LogP contribution in [0.5, 0.6) is 5.75 Å². The largest absolute Gasteiger partial charge is 0.484 e. The summed E-state index contributed by atoms with van der Waals surface area (Å²) < 4.78 is 5.37. The fraction of sp³-hybridized carbons (Fsp3) is 0.417. The van der Waals surface area contributed by atoms with Gasteiger partial charge in [-0.25, -0.2) is 0 Å². The zero-order valence-corrected chi connectivity index (χ0v) is 11.0. The topological polar surface area (TPSA) is 55.6 Å². The summed E-state index contributed by atoms with van der Waals surface area (Å²) in [5, 5.41) is 0. The maximum Gasteiger partial charge on any atom is 0.260 e. The fourth-order valence-corrected chi connectivity index (χ4v) is 1.67. The van der Waals surface area contributed by atoms with Gasteiger partial charge in [0.25, 0.3) is 5.91 Å². The Labute approximate surface area is 106 Å². The number of hydrogen-bond donors (Lipinski definition) is 1. The molecular weight excluding hydrogens is 236 g/mol. The first kappa shape index (κ1) is 13.7. The number of anilines is 1. The number of nitrogens with zero attached hydrogens (tertiary/aromatic N) is 1. The molecule has 0 unspecified atom stereocenters. The van der Waals surface area contributed by atoms with Crippen LogP contribution >= 0.6 is 11.8 Å². The van der Waals surface area contributed by atoms with Gasteiger partial charge in [-0.2, -0.15) is 11.8 Å². The van der Waals surface area contributed by atoms with Crippen LogP contribution in [-0.2, 0) is 4.79 Å². The SMILES string of the molecule is CSCCN(C)C(=O)COc1cccc(N)c1. The summed E-state index contributed by atoms with van der Waals surface area (Å²) in [5.41, 5.74) is 6.24. The molecule has 1 aromatic carbocycles. The van der Waals surface area contributed by atoms with Crippen LogP contribution in [0.4, 0.5) is 5.69 Å². The van der Waals surface area contributed by atoms with E-state index in [1.165, 1.54) is 0 Å². The van der Waals surface area contributed by atoms with Crippen molar-refractivity contribution in [3.8, 4) is 5.75 Å². The zero-order valence-electron chi connectivity index (χ0n) is 10.2. The first-order valence-electron chi connectivity index (χ1n) is 5.34. The number of carbonyl (C=O) groups excluding carboxylic acids is 1. The molecule has 0 spiro atoms. The van der Waals surface area contributed by atoms with Crippen LogP contribution in [0.3, 0.4) is 0 Å². The van der Waals surface area contributed by atoms with Gasteiger partial charge in [0.15, 0.2) is 6.61 Å². The second-order valence-electron chi connectivity index (χ2n) is 3.67. The third kappa shape index (κ3) is 4.99. The lowest BCUT2D eigenvalue weighted by Gasteiger charge is -2.16. The van der Waals surface area contributed by atoms with Crippen LogP contribution < -0.4 is 10.5 Å². The summed E-state index contributed by atoms with van der Waals surface area (Å²) in [7, 11) is 1.78. The van der Waals surface area contributed by atoms with E-state index in [1.54, 1.807) is 48.0 Å². The number of nitrogen functional groups attached to an aromatic ring is 1. The van der Waals surface area contributed by atoms with Crippen molar-refractivity contribution >= 4 is 23.4 Å². The quantitative estimate of drug-likeness (QED) is 0.781. The summed E-state index contributed by atoms with van der Waals surface area (Å²) in [5.74, 6) is 1.53. The zero-order chi connectivity index (χ0) is 12.7. The van der Waals surface area contributed by atoms with Crippen molar-refractivity contribution in [2.45, 2.75) is 0 Å². The lowest BCUT2D eigenvalue weighted by Crippen LogP contribution is -2.33. The molecule has 5 heteroatoms. The highest BCUT2D eigenvalue weighted by molar-refractivity contribution is 7.98. The summed E-state index contributed by atoms with van der Waals surface area (Å²) in [6.45, 7) is 0.786. The standard InChI is InChI=1S/C12H18N2O2S/c1-14(6-7-17-2)12(15)9-16-11-5-3-4-10(13)8-11/h3-5,8H,6-7,9,13H2,1-2H3. The number of nitrogens with two attached hydrogens (primary N) is 1. The minimum absolute atomic E-state index is 0.0264. The van der Waals surface area contributed by atoms with Gasteiger partial charge in [0.05, 0.1) is 0 Å². The fourth-order valence-electron chi connectivity index (χ4n) is 1.21. The Balaban J connectivity index is 2.37. The van der Waals surface area contributed by atoms with Crippen molar-refractivity contribution in [3.05, 3.63) is 24.3 Å². The molecule has 4 nitrogen and oxygen atoms in total. The summed E-state index contributed by atoms with van der Waals surface area (Å²) >= 11 is 1.71. The molecule has 0 atom stereocenters. The van der Waals surface area contributed by atoms with E-state index >= 15 is 0 Å². The number of likely N-dealkylation sites (N-methyl/N-ethyl adjacent to an activating group) is 1. The lowest BCUT2D eigenvalue weighted by atomic mass is 10.3. The summed E-state index contributed by atoms with van der Waals surface area (Å²) in [6.07, 6.45) is 2.02. The highest BCUT2D eigenvalue weighted by atomic mass is 32.2. The van der Waals surface area contributed by atoms with Gasteiger partial charge in [0.2, 0.25) is 0 Å². The van der Waals surface area contributed by atoms with Crippen LogP contribution in [0.1, 0.15) is 0 Å². The first-order chi connectivity index (χ1) is 8.13. The van der Waals surface area contributed by atoms with E-state index in [-0.39, 0.29) is 12.5 Å². The van der Waals surface area contributed by atoms with Crippen LogP contribution in [0.25, 0.3) is 0 Å². The molecule has 2 N–H and O–H groups in total. The number of carbonyl (C=O) groups is 1. The average molecular weight is 254 g/mol. The van der Waals surface area contributed by atoms with Crippen molar-refractivity contribution in [3.63, 3.8) is 0 Å². The van der Waals surface area contributed by atoms with Crippen LogP contribution in [0.15, 0.2) is 24.3 Å². The highest BCUT2D eigenvalue weighted by Gasteiger charge is 2.08. The number of amides is 1. The molecule has 1 amide bonds. The van der Waals surface area contributed by atoms with Crippen LogP contribution in [-0.4, -0.2) is 43.0 Å². The van der Waals surface area contributed by atoms with Crippen molar-refractivity contribution < 1.29 is 9.53 Å². The van der Waals surface area contributed by atoms with E-state index in [2.05, 4.69) is 0 Å². The normalized spacial score (nSPS) is 10.0. The second kappa shape index (κ2) is 7.06. The molecule has 1 aromatic rings. The molecular formula is C12H18N2O2S. The third-order valence-electron chi connectivity index (χ3n) is 2.28. The lowest BCUT2D eigenvalue weighted by molar-refractivity contribution is -0.131. The molecule has 0 radical (unpaired) electrons. The number of thioether (sulfide) groups is 1. The molecule has 0 bridgehead atoms. The Morgan fingerprint density at radius 3 is 2.94 bits per heavy atom. The van der Waals surface area contributed by atoms with Crippen molar-refractivity contribution in [1.82, 2.24) is 4.90 Å². The Morgan fingerprint density at radius 2 is 2.29 bits per heavy atom. The molecule has 0 aliphatic rings. The minimum atomic E-state index is -0.0264. The third-order valence-corrected chi connectivity index (χ3v) is 2.87. The minimum Gasteiger partial charge on any atom is -0.484 e. The molecule has 1 rings (SSSR count). The monoisotopic (exact) mass is 254 g/mol. The van der Waals surface area contributed by atoms with Gasteiger partial charge >= 0.3 is 0 Å². The maximum atomic E-state index is 11.7. The average Bonchev–Trinajstić information content (AvgIpc) is 2.33. The van der Waals surface area contributed by atoms with E-state index in [9.17, 15) is 4.79 Å². The van der Waals surface area contributed by atoms with Gasteiger partial charge in [-0.05, 0) is 18.4 Å². The van der Waals surface area contributed by atoms with E-state index in [1.807, 2.05) is 6.26 Å². The van der Waals surface area contributed by atoms with E-state index in [0.717, 1.165) is 12.3 Å². The van der Waals surface area contributed by atoms with Crippen LogP contribution in [0.2, 0.25) is 0 Å². The van der Waals surface area contributed by atoms with Crippen molar-refractivity contribution in [2.24, 2.45) is 0 Å². The predicted molar refractivity (Wildman–Crippen MR) is 72.4 cm³/mol. The highest BCUT2D eigenvalue weighted by Crippen LogP contribution is 2.14. The van der Waals surface area contributed by atoms with Gasteiger partial charge in [0.1, 0.15) is 5.75 Å². The number of benzene rings is 1. The van der Waals surface area contributed by atoms with Gasteiger partial charge in [-0.15, -0.1) is 0 Å². The van der Waals surface area contributed by atoms with Gasteiger partial charge in [-0.1, -0.05) is 6.07 Å². The second-order valence-corrected chi connectivity index (χ2v) is 4.65. The molecule has 0 aliphatic heterocycles. The molecule has 0 heterocycles. The first-order valence-corrected chi connectivity index (χ1v) is 6.74. The number of ether oxygens (including phenoxy) is 1. The molecule has 17 heavy (non-hydrogen) atoms. The molecule has 0 saturated heterocycles. The molecule has 0 aromatic heterocycles. The predicted octanol–water partition coefficient (Wildman–Crippen LogP) is 1.47. The Hall–Kier alpha value is -1.36. The van der Waals surface area contributed by atoms with E-state index < -0.39 is 0 Å². The number of rotatable bonds is 6. The molecule has 94 valence electrons. The summed E-state index contributed by atoms with van der Waals surface area (Å²) in [4.78, 5) is 13.3. The Morgan fingerprint density at radius 1 is 1.53 bits per heavy atom. The molecule has 0 saturated carbocycles. The van der Waals surface area contributed by atoms with Crippen LogP contribution in [0, 0.1) is 0 Å². The van der Waals surface area contributed by atoms with Gasteiger partial charge in [-0.3, -0.25) is 4.79 Å². The summed E-state index contributed by atoms with van der Waals surface area (Å²) in [6, 6.07) is 7.06. The Kier molecular flexibility index (Phi) is 5.69.